The SMILES string of the molecule is CCc1c(CNC(C)C)cnn1-c1ccc(Cl)cc1Cl. The molecule has 0 fully saturated rings. The molecule has 0 radical (unpaired) electrons. The smallest absolute Gasteiger partial charge is 0.0836 e. The van der Waals surface area contributed by atoms with Crippen LogP contribution in [0.4, 0.5) is 0 Å². The van der Waals surface area contributed by atoms with Crippen molar-refractivity contribution in [1.29, 1.82) is 0 Å². The van der Waals surface area contributed by atoms with Crippen LogP contribution in [0.1, 0.15) is 32.0 Å². The van der Waals surface area contributed by atoms with Gasteiger partial charge in [0.05, 0.1) is 16.9 Å². The highest BCUT2D eigenvalue weighted by molar-refractivity contribution is 6.35. The third-order valence-electron chi connectivity index (χ3n) is 3.13. The Labute approximate surface area is 129 Å². The maximum Gasteiger partial charge on any atom is 0.0836 e. The van der Waals surface area contributed by atoms with Crippen molar-refractivity contribution in [3.05, 3.63) is 45.7 Å². The van der Waals surface area contributed by atoms with E-state index in [1.165, 1.54) is 11.3 Å². The molecule has 1 N–H and O–H groups in total. The maximum absolute atomic E-state index is 6.27. The number of hydrogen-bond donors (Lipinski definition) is 1. The summed E-state index contributed by atoms with van der Waals surface area (Å²) in [6.07, 6.45) is 2.80. The van der Waals surface area contributed by atoms with E-state index in [-0.39, 0.29) is 0 Å². The molecule has 0 spiro atoms. The van der Waals surface area contributed by atoms with Crippen LogP contribution in [0, 0.1) is 0 Å². The summed E-state index contributed by atoms with van der Waals surface area (Å²) in [5.74, 6) is 0. The van der Waals surface area contributed by atoms with Gasteiger partial charge in [0.2, 0.25) is 0 Å². The molecule has 3 nitrogen and oxygen atoms in total. The van der Waals surface area contributed by atoms with Crippen molar-refractivity contribution >= 4 is 23.2 Å². The number of halogens is 2. The highest BCUT2D eigenvalue weighted by atomic mass is 35.5. The van der Waals surface area contributed by atoms with Gasteiger partial charge in [0.15, 0.2) is 0 Å². The van der Waals surface area contributed by atoms with Crippen molar-refractivity contribution in [2.75, 3.05) is 0 Å². The highest BCUT2D eigenvalue weighted by Gasteiger charge is 2.13. The molecular weight excluding hydrogens is 293 g/mol. The summed E-state index contributed by atoms with van der Waals surface area (Å²) in [5.41, 5.74) is 3.23. The third kappa shape index (κ3) is 3.35. The molecule has 20 heavy (non-hydrogen) atoms. The molecule has 0 bridgehead atoms. The molecule has 2 rings (SSSR count). The standard InChI is InChI=1S/C15H19Cl2N3/c1-4-14-11(8-18-10(2)3)9-19-20(14)15-6-5-12(16)7-13(15)17/h5-7,9-10,18H,4,8H2,1-3H3. The van der Waals surface area contributed by atoms with E-state index < -0.39 is 0 Å². The van der Waals surface area contributed by atoms with E-state index in [2.05, 4.69) is 31.2 Å². The zero-order chi connectivity index (χ0) is 14.7. The third-order valence-corrected chi connectivity index (χ3v) is 3.67. The molecule has 1 heterocycles. The van der Waals surface area contributed by atoms with Crippen molar-refractivity contribution in [3.8, 4) is 5.69 Å². The van der Waals surface area contributed by atoms with Crippen molar-refractivity contribution < 1.29 is 0 Å². The first-order chi connectivity index (χ1) is 9.52. The Morgan fingerprint density at radius 3 is 2.65 bits per heavy atom. The summed E-state index contributed by atoms with van der Waals surface area (Å²) in [7, 11) is 0. The first-order valence-electron chi connectivity index (χ1n) is 6.77. The zero-order valence-corrected chi connectivity index (χ0v) is 13.5. The first-order valence-corrected chi connectivity index (χ1v) is 7.53. The number of rotatable bonds is 5. The fourth-order valence-electron chi connectivity index (χ4n) is 2.11. The summed E-state index contributed by atoms with van der Waals surface area (Å²) < 4.78 is 1.90. The normalized spacial score (nSPS) is 11.3. The fraction of sp³-hybridized carbons (Fsp3) is 0.400. The van der Waals surface area contributed by atoms with Crippen LogP contribution in [0.3, 0.4) is 0 Å². The lowest BCUT2D eigenvalue weighted by Gasteiger charge is -2.11. The molecule has 108 valence electrons. The number of nitrogens with one attached hydrogen (secondary N) is 1. The summed E-state index contributed by atoms with van der Waals surface area (Å²) >= 11 is 12.2. The van der Waals surface area contributed by atoms with E-state index in [9.17, 15) is 0 Å². The van der Waals surface area contributed by atoms with Crippen LogP contribution in [-0.2, 0) is 13.0 Å². The molecule has 5 heteroatoms. The molecule has 0 atom stereocenters. The average Bonchev–Trinajstić information content (AvgIpc) is 2.79. The van der Waals surface area contributed by atoms with Crippen LogP contribution in [-0.4, -0.2) is 15.8 Å². The number of nitrogens with zero attached hydrogens (tertiary/aromatic N) is 2. The van der Waals surface area contributed by atoms with E-state index in [1.54, 1.807) is 6.07 Å². The minimum absolute atomic E-state index is 0.446. The van der Waals surface area contributed by atoms with Gasteiger partial charge in [-0.05, 0) is 24.6 Å². The second-order valence-electron chi connectivity index (χ2n) is 5.01. The Balaban J connectivity index is 2.37. The average molecular weight is 312 g/mol. The van der Waals surface area contributed by atoms with Crippen LogP contribution < -0.4 is 5.32 Å². The Kier molecular flexibility index (Phi) is 5.08. The second kappa shape index (κ2) is 6.61. The Morgan fingerprint density at radius 1 is 1.30 bits per heavy atom. The summed E-state index contributed by atoms with van der Waals surface area (Å²) in [4.78, 5) is 0. The van der Waals surface area contributed by atoms with Crippen LogP contribution in [0.5, 0.6) is 0 Å². The molecule has 0 aliphatic heterocycles. The minimum Gasteiger partial charge on any atom is -0.310 e. The van der Waals surface area contributed by atoms with Crippen LogP contribution in [0.25, 0.3) is 5.69 Å². The van der Waals surface area contributed by atoms with Crippen molar-refractivity contribution in [1.82, 2.24) is 15.1 Å². The Hall–Kier alpha value is -1.03. The quantitative estimate of drug-likeness (QED) is 0.895. The molecular formula is C15H19Cl2N3. The van der Waals surface area contributed by atoms with E-state index in [0.717, 1.165) is 18.7 Å². The molecule has 0 aliphatic rings. The van der Waals surface area contributed by atoms with E-state index in [4.69, 9.17) is 23.2 Å². The van der Waals surface area contributed by atoms with Gasteiger partial charge in [0.25, 0.3) is 0 Å². The van der Waals surface area contributed by atoms with Gasteiger partial charge < -0.3 is 5.32 Å². The predicted octanol–water partition coefficient (Wildman–Crippen LogP) is 4.24. The zero-order valence-electron chi connectivity index (χ0n) is 12.0. The molecule has 0 saturated heterocycles. The van der Waals surface area contributed by atoms with Crippen LogP contribution in [0.2, 0.25) is 10.0 Å². The molecule has 0 amide bonds. The lowest BCUT2D eigenvalue weighted by molar-refractivity contribution is 0.586. The van der Waals surface area contributed by atoms with Crippen molar-refractivity contribution in [3.63, 3.8) is 0 Å². The van der Waals surface area contributed by atoms with Crippen molar-refractivity contribution in [2.45, 2.75) is 39.8 Å². The predicted molar refractivity (Wildman–Crippen MR) is 84.9 cm³/mol. The molecule has 2 aromatic rings. The fourth-order valence-corrected chi connectivity index (χ4v) is 2.60. The first kappa shape index (κ1) is 15.4. The summed E-state index contributed by atoms with van der Waals surface area (Å²) in [6, 6.07) is 5.92. The van der Waals surface area contributed by atoms with Gasteiger partial charge >= 0.3 is 0 Å². The Bertz CT molecular complexity index is 591. The summed E-state index contributed by atoms with van der Waals surface area (Å²) in [6.45, 7) is 7.19. The molecule has 0 saturated carbocycles. The lowest BCUT2D eigenvalue weighted by Crippen LogP contribution is -2.22. The number of hydrogen-bond acceptors (Lipinski definition) is 2. The highest BCUT2D eigenvalue weighted by Crippen LogP contribution is 2.26. The maximum atomic E-state index is 6.27. The molecule has 0 unspecified atom stereocenters. The van der Waals surface area contributed by atoms with Gasteiger partial charge in [-0.2, -0.15) is 5.10 Å². The van der Waals surface area contributed by atoms with Crippen LogP contribution in [0.15, 0.2) is 24.4 Å². The molecule has 1 aromatic heterocycles. The lowest BCUT2D eigenvalue weighted by atomic mass is 10.2. The van der Waals surface area contributed by atoms with E-state index in [1.807, 2.05) is 23.0 Å². The number of benzene rings is 1. The van der Waals surface area contributed by atoms with E-state index in [0.29, 0.717) is 16.1 Å². The van der Waals surface area contributed by atoms with Gasteiger partial charge in [-0.15, -0.1) is 0 Å². The van der Waals surface area contributed by atoms with Gasteiger partial charge in [-0.1, -0.05) is 44.0 Å². The Morgan fingerprint density at radius 2 is 2.05 bits per heavy atom. The second-order valence-corrected chi connectivity index (χ2v) is 5.86. The summed E-state index contributed by atoms with van der Waals surface area (Å²) in [5, 5.41) is 9.13. The van der Waals surface area contributed by atoms with Gasteiger partial charge in [0.1, 0.15) is 0 Å². The van der Waals surface area contributed by atoms with Crippen molar-refractivity contribution in [2.24, 2.45) is 0 Å². The molecule has 1 aromatic carbocycles. The number of aromatic nitrogens is 2. The van der Waals surface area contributed by atoms with E-state index >= 15 is 0 Å². The largest absolute Gasteiger partial charge is 0.310 e. The minimum atomic E-state index is 0.446. The van der Waals surface area contributed by atoms with Gasteiger partial charge in [0, 0.05) is 28.9 Å². The van der Waals surface area contributed by atoms with Gasteiger partial charge in [-0.3, -0.25) is 0 Å². The van der Waals surface area contributed by atoms with Gasteiger partial charge in [-0.25, -0.2) is 4.68 Å². The monoisotopic (exact) mass is 311 g/mol. The topological polar surface area (TPSA) is 29.9 Å². The van der Waals surface area contributed by atoms with Crippen LogP contribution >= 0.6 is 23.2 Å². The molecule has 0 aliphatic carbocycles.